The number of pyridine rings is 2. The number of hydrogen-bond acceptors (Lipinski definition) is 7. The molecule has 0 saturated carbocycles. The molecule has 0 atom stereocenters. The fourth-order valence-electron chi connectivity index (χ4n) is 2.58. The molecule has 0 radical (unpaired) electrons. The number of aromatic nitrogens is 5. The van der Waals surface area contributed by atoms with E-state index in [9.17, 15) is 30.4 Å². The van der Waals surface area contributed by atoms with Crippen LogP contribution in [0.4, 0.5) is 22.0 Å². The molecule has 0 aliphatic carbocycles. The Morgan fingerprint density at radius 3 is 2.38 bits per heavy atom. The van der Waals surface area contributed by atoms with E-state index >= 15 is 0 Å². The second kappa shape index (κ2) is 8.41. The molecular formula is C18H16F5N5O3S. The van der Waals surface area contributed by atoms with Crippen LogP contribution in [0.15, 0.2) is 41.9 Å². The lowest BCUT2D eigenvalue weighted by atomic mass is 10.1. The Hall–Kier alpha value is -3.16. The minimum atomic E-state index is -4.94. The second-order valence-electron chi connectivity index (χ2n) is 6.69. The van der Waals surface area contributed by atoms with E-state index in [4.69, 9.17) is 4.74 Å². The van der Waals surface area contributed by atoms with Crippen LogP contribution in [0.2, 0.25) is 0 Å². The summed E-state index contributed by atoms with van der Waals surface area (Å²) in [6, 6.07) is 2.91. The predicted octanol–water partition coefficient (Wildman–Crippen LogP) is 3.57. The van der Waals surface area contributed by atoms with Crippen LogP contribution in [-0.2, 0) is 16.0 Å². The van der Waals surface area contributed by atoms with Crippen molar-refractivity contribution in [3.8, 4) is 23.0 Å². The molecule has 0 unspecified atom stereocenters. The number of alkyl halides is 5. The third-order valence-corrected chi connectivity index (χ3v) is 5.84. The van der Waals surface area contributed by atoms with Crippen LogP contribution in [0.25, 0.3) is 17.2 Å². The van der Waals surface area contributed by atoms with Crippen LogP contribution in [0.3, 0.4) is 0 Å². The molecule has 8 nitrogen and oxygen atoms in total. The number of nitrogens with zero attached hydrogens (tertiary/aromatic N) is 5. The van der Waals surface area contributed by atoms with Crippen molar-refractivity contribution in [2.45, 2.75) is 30.8 Å². The van der Waals surface area contributed by atoms with Crippen LogP contribution in [-0.4, -0.2) is 51.4 Å². The van der Waals surface area contributed by atoms with E-state index in [1.54, 1.807) is 0 Å². The maximum Gasteiger partial charge on any atom is 0.420 e. The van der Waals surface area contributed by atoms with E-state index in [2.05, 4.69) is 20.1 Å². The lowest BCUT2D eigenvalue weighted by Crippen LogP contribution is -2.21. The molecule has 14 heteroatoms. The van der Waals surface area contributed by atoms with Crippen molar-refractivity contribution in [3.05, 3.63) is 42.6 Å². The minimum Gasteiger partial charge on any atom is -0.486 e. The third kappa shape index (κ3) is 5.18. The van der Waals surface area contributed by atoms with Gasteiger partial charge in [-0.1, -0.05) is 6.92 Å². The molecule has 0 spiro atoms. The molecular weight excluding hydrogens is 461 g/mol. The standard InChI is InChI=1S/C18H16F5N5O3S/c1-3-32(29,30)14-6-12(18(21,22)23)16(28-10-24-9-26-28)27-15(14)13-5-4-11(7-25-13)31-8-17(2,19)20/h4-7,9-10H,3,8H2,1-2H3. The minimum absolute atomic E-state index is 0.0430. The molecule has 0 fully saturated rings. The molecule has 3 rings (SSSR count). The van der Waals surface area contributed by atoms with Gasteiger partial charge in [-0.25, -0.2) is 31.8 Å². The quantitative estimate of drug-likeness (QED) is 0.480. The summed E-state index contributed by atoms with van der Waals surface area (Å²) in [6.07, 6.45) is -1.93. The molecule has 32 heavy (non-hydrogen) atoms. The fourth-order valence-corrected chi connectivity index (χ4v) is 3.63. The molecule has 0 aliphatic rings. The molecule has 0 amide bonds. The number of rotatable bonds is 7. The Morgan fingerprint density at radius 2 is 1.88 bits per heavy atom. The van der Waals surface area contributed by atoms with Gasteiger partial charge in [-0.3, -0.25) is 4.98 Å². The van der Waals surface area contributed by atoms with Gasteiger partial charge in [0.05, 0.1) is 22.5 Å². The highest BCUT2D eigenvalue weighted by Crippen LogP contribution is 2.37. The van der Waals surface area contributed by atoms with Gasteiger partial charge in [-0.05, 0) is 18.2 Å². The summed E-state index contributed by atoms with van der Waals surface area (Å²) >= 11 is 0. The van der Waals surface area contributed by atoms with E-state index < -0.39 is 50.6 Å². The number of sulfone groups is 1. The Labute approximate surface area is 179 Å². The highest BCUT2D eigenvalue weighted by molar-refractivity contribution is 7.91. The van der Waals surface area contributed by atoms with Crippen molar-refractivity contribution in [2.24, 2.45) is 0 Å². The summed E-state index contributed by atoms with van der Waals surface area (Å²) in [4.78, 5) is 10.8. The van der Waals surface area contributed by atoms with Crippen LogP contribution < -0.4 is 4.74 Å². The first-order valence-corrected chi connectivity index (χ1v) is 10.6. The van der Waals surface area contributed by atoms with Crippen molar-refractivity contribution in [3.63, 3.8) is 0 Å². The van der Waals surface area contributed by atoms with Crippen molar-refractivity contribution in [1.29, 1.82) is 0 Å². The van der Waals surface area contributed by atoms with Gasteiger partial charge in [0, 0.05) is 6.92 Å². The molecule has 3 aromatic rings. The Kier molecular flexibility index (Phi) is 6.18. The van der Waals surface area contributed by atoms with Crippen LogP contribution in [0, 0.1) is 0 Å². The maximum atomic E-state index is 13.7. The highest BCUT2D eigenvalue weighted by Gasteiger charge is 2.38. The van der Waals surface area contributed by atoms with E-state index in [1.807, 2.05) is 0 Å². The SMILES string of the molecule is CCS(=O)(=O)c1cc(C(F)(F)F)c(-n2cncn2)nc1-c1ccc(OCC(C)(F)F)cn1. The average molecular weight is 477 g/mol. The third-order valence-electron chi connectivity index (χ3n) is 4.09. The molecule has 0 aliphatic heterocycles. The summed E-state index contributed by atoms with van der Waals surface area (Å²) in [5, 5.41) is 3.65. The first-order chi connectivity index (χ1) is 14.8. The molecule has 0 saturated heterocycles. The largest absolute Gasteiger partial charge is 0.486 e. The molecule has 0 bridgehead atoms. The number of halogens is 5. The molecule has 0 N–H and O–H groups in total. The number of hydrogen-bond donors (Lipinski definition) is 0. The van der Waals surface area contributed by atoms with Gasteiger partial charge in [0.25, 0.3) is 5.92 Å². The monoisotopic (exact) mass is 477 g/mol. The van der Waals surface area contributed by atoms with E-state index in [-0.39, 0.29) is 17.1 Å². The molecule has 0 aromatic carbocycles. The van der Waals surface area contributed by atoms with Gasteiger partial charge in [0.2, 0.25) is 0 Å². The predicted molar refractivity (Wildman–Crippen MR) is 101 cm³/mol. The maximum absolute atomic E-state index is 13.7. The molecule has 3 heterocycles. The first-order valence-electron chi connectivity index (χ1n) is 8.99. The van der Waals surface area contributed by atoms with Gasteiger partial charge in [0.15, 0.2) is 22.3 Å². The van der Waals surface area contributed by atoms with Crippen molar-refractivity contribution >= 4 is 9.84 Å². The summed E-state index contributed by atoms with van der Waals surface area (Å²) < 4.78 is 97.8. The number of ether oxygens (including phenoxy) is 1. The van der Waals surface area contributed by atoms with Crippen LogP contribution >= 0.6 is 0 Å². The zero-order valence-corrected chi connectivity index (χ0v) is 17.5. The van der Waals surface area contributed by atoms with Crippen LogP contribution in [0.1, 0.15) is 19.4 Å². The smallest absolute Gasteiger partial charge is 0.420 e. The molecule has 3 aromatic heterocycles. The van der Waals surface area contributed by atoms with Gasteiger partial charge >= 0.3 is 6.18 Å². The molecule has 172 valence electrons. The highest BCUT2D eigenvalue weighted by atomic mass is 32.2. The summed E-state index contributed by atoms with van der Waals surface area (Å²) in [5.41, 5.74) is -1.80. The zero-order valence-electron chi connectivity index (χ0n) is 16.6. The fraction of sp³-hybridized carbons (Fsp3) is 0.333. The zero-order chi connectivity index (χ0) is 23.7. The van der Waals surface area contributed by atoms with Gasteiger partial charge in [0.1, 0.15) is 29.7 Å². The van der Waals surface area contributed by atoms with Gasteiger partial charge in [-0.15, -0.1) is 0 Å². The van der Waals surface area contributed by atoms with E-state index in [0.717, 1.165) is 23.5 Å². The van der Waals surface area contributed by atoms with Gasteiger partial charge in [-0.2, -0.15) is 18.3 Å². The lowest BCUT2D eigenvalue weighted by Gasteiger charge is -2.17. The second-order valence-corrected chi connectivity index (χ2v) is 8.93. The Balaban J connectivity index is 2.19. The van der Waals surface area contributed by atoms with Gasteiger partial charge < -0.3 is 4.74 Å². The summed E-state index contributed by atoms with van der Waals surface area (Å²) in [5.74, 6) is -4.33. The first kappa shape index (κ1) is 23.5. The van der Waals surface area contributed by atoms with Crippen molar-refractivity contribution in [1.82, 2.24) is 24.7 Å². The van der Waals surface area contributed by atoms with Crippen molar-refractivity contribution in [2.75, 3.05) is 12.4 Å². The van der Waals surface area contributed by atoms with Crippen LogP contribution in [0.5, 0.6) is 5.75 Å². The lowest BCUT2D eigenvalue weighted by molar-refractivity contribution is -0.137. The topological polar surface area (TPSA) is 99.9 Å². The Morgan fingerprint density at radius 1 is 1.16 bits per heavy atom. The van der Waals surface area contributed by atoms with E-state index in [1.165, 1.54) is 19.1 Å². The summed E-state index contributed by atoms with van der Waals surface area (Å²) in [7, 11) is -4.16. The normalized spacial score (nSPS) is 12.7. The van der Waals surface area contributed by atoms with Crippen molar-refractivity contribution < 1.29 is 35.1 Å². The Bertz CT molecular complexity index is 1190. The average Bonchev–Trinajstić information content (AvgIpc) is 3.25. The van der Waals surface area contributed by atoms with E-state index in [0.29, 0.717) is 13.0 Å². The summed E-state index contributed by atoms with van der Waals surface area (Å²) in [6.45, 7) is 1.01.